The molecule has 0 aromatic rings. The number of likely N-dealkylation sites (tertiary alicyclic amines) is 1. The second-order valence-corrected chi connectivity index (χ2v) is 10.7. The van der Waals surface area contributed by atoms with Gasteiger partial charge in [0.1, 0.15) is 6.04 Å². The number of esters is 1. The van der Waals surface area contributed by atoms with Crippen LogP contribution in [-0.4, -0.2) is 81.1 Å². The molecule has 4 aliphatic heterocycles. The zero-order valence-electron chi connectivity index (χ0n) is 18.9. The molecule has 0 aromatic carbocycles. The molecule has 6 atom stereocenters. The normalized spacial score (nSPS) is 36.8. The molecule has 4 heterocycles. The van der Waals surface area contributed by atoms with Gasteiger partial charge in [-0.3, -0.25) is 14.4 Å². The van der Waals surface area contributed by atoms with Gasteiger partial charge in [0.05, 0.1) is 29.8 Å². The first-order valence-corrected chi connectivity index (χ1v) is 12.7. The van der Waals surface area contributed by atoms with Crippen molar-refractivity contribution in [2.45, 2.75) is 68.0 Å². The Labute approximate surface area is 194 Å². The Morgan fingerprint density at radius 2 is 2.06 bits per heavy atom. The molecule has 1 N–H and O–H groups in total. The molecule has 176 valence electrons. The first kappa shape index (κ1) is 23.4. The monoisotopic (exact) mass is 462 g/mol. The molecule has 1 spiro atoms. The van der Waals surface area contributed by atoms with Gasteiger partial charge in [-0.1, -0.05) is 37.6 Å². The minimum absolute atomic E-state index is 0.0504. The third kappa shape index (κ3) is 3.79. The largest absolute Gasteiger partial charge is 0.465 e. The maximum Gasteiger partial charge on any atom is 0.311 e. The van der Waals surface area contributed by atoms with E-state index in [-0.39, 0.29) is 42.2 Å². The summed E-state index contributed by atoms with van der Waals surface area (Å²) >= 11 is 1.55. The lowest BCUT2D eigenvalue weighted by Gasteiger charge is -2.37. The fraction of sp³-hybridized carbons (Fsp3) is 0.708. The van der Waals surface area contributed by atoms with Crippen molar-refractivity contribution in [3.8, 4) is 0 Å². The van der Waals surface area contributed by atoms with Crippen LogP contribution >= 0.6 is 11.8 Å². The standard InChI is InChI=1S/C24H34N2O5S/c1-3-9-16(2)25-12-8-11-24-19(21(28)26(13-14-27)20(24)22(25)29)18-17(32-24)10-6-4-5-7-15-31-23(18)30/h6,8,10-11,16-20,27H,3-5,7,9,12-15H2,1-2H3/b10-6-/t16?,17-,18+,19-,20?,24-/m0/s1. The van der Waals surface area contributed by atoms with Crippen molar-refractivity contribution in [3.05, 3.63) is 24.3 Å². The lowest BCUT2D eigenvalue weighted by Crippen LogP contribution is -2.55. The minimum atomic E-state index is -0.837. The van der Waals surface area contributed by atoms with Crippen LogP contribution in [0.3, 0.4) is 0 Å². The SMILES string of the molecule is CCCC(C)N1CC=C[C@]23S[C@H]4/C=C\CCCCOC(=O)[C@H]4[C@H]2C(=O)N(CCO)C3C1=O. The first-order valence-electron chi connectivity index (χ1n) is 11.9. The Kier molecular flexibility index (Phi) is 7.00. The average molecular weight is 463 g/mol. The van der Waals surface area contributed by atoms with E-state index in [1.807, 2.05) is 30.1 Å². The number of fused-ring (bicyclic) bond motifs is 2. The van der Waals surface area contributed by atoms with Gasteiger partial charge in [0.2, 0.25) is 11.8 Å². The third-order valence-electron chi connectivity index (χ3n) is 7.21. The predicted molar refractivity (Wildman–Crippen MR) is 123 cm³/mol. The molecule has 2 fully saturated rings. The lowest BCUT2D eigenvalue weighted by molar-refractivity contribution is -0.153. The number of hydrogen-bond acceptors (Lipinski definition) is 6. The molecule has 0 radical (unpaired) electrons. The van der Waals surface area contributed by atoms with Gasteiger partial charge in [0, 0.05) is 24.4 Å². The van der Waals surface area contributed by atoms with E-state index in [9.17, 15) is 19.5 Å². The second-order valence-electron chi connectivity index (χ2n) is 9.22. The van der Waals surface area contributed by atoms with Crippen LogP contribution in [0.15, 0.2) is 24.3 Å². The number of carbonyl (C=O) groups is 3. The van der Waals surface area contributed by atoms with Gasteiger partial charge in [-0.05, 0) is 32.6 Å². The molecule has 0 bridgehead atoms. The summed E-state index contributed by atoms with van der Waals surface area (Å²) in [4.78, 5) is 44.1. The molecular weight excluding hydrogens is 428 g/mol. The highest BCUT2D eigenvalue weighted by Crippen LogP contribution is 2.60. The number of thioether (sulfide) groups is 1. The smallest absolute Gasteiger partial charge is 0.311 e. The topological polar surface area (TPSA) is 87.2 Å². The molecule has 7 nitrogen and oxygen atoms in total. The number of nitrogens with zero attached hydrogens (tertiary/aromatic N) is 2. The highest BCUT2D eigenvalue weighted by atomic mass is 32.2. The molecule has 2 amide bonds. The van der Waals surface area contributed by atoms with Gasteiger partial charge in [0.15, 0.2) is 0 Å². The number of carbonyl (C=O) groups excluding carboxylic acids is 3. The Hall–Kier alpha value is -1.80. The summed E-state index contributed by atoms with van der Waals surface area (Å²) < 4.78 is 4.75. The van der Waals surface area contributed by atoms with Crippen molar-refractivity contribution < 1.29 is 24.2 Å². The predicted octanol–water partition coefficient (Wildman–Crippen LogP) is 2.15. The summed E-state index contributed by atoms with van der Waals surface area (Å²) in [5, 5.41) is 9.48. The average Bonchev–Trinajstić information content (AvgIpc) is 3.14. The third-order valence-corrected chi connectivity index (χ3v) is 8.96. The maximum absolute atomic E-state index is 13.9. The van der Waals surface area contributed by atoms with E-state index in [4.69, 9.17) is 4.74 Å². The van der Waals surface area contributed by atoms with E-state index < -0.39 is 22.6 Å². The number of aliphatic hydroxyl groups excluding tert-OH is 1. The van der Waals surface area contributed by atoms with Gasteiger partial charge in [0.25, 0.3) is 0 Å². The number of hydrogen-bond donors (Lipinski definition) is 1. The summed E-state index contributed by atoms with van der Waals surface area (Å²) in [6.07, 6.45) is 12.6. The van der Waals surface area contributed by atoms with E-state index in [1.165, 1.54) is 4.90 Å². The zero-order valence-corrected chi connectivity index (χ0v) is 19.8. The van der Waals surface area contributed by atoms with E-state index in [0.29, 0.717) is 13.2 Å². The van der Waals surface area contributed by atoms with Crippen molar-refractivity contribution in [3.63, 3.8) is 0 Å². The summed E-state index contributed by atoms with van der Waals surface area (Å²) in [6.45, 7) is 4.84. The molecule has 0 saturated carbocycles. The molecule has 32 heavy (non-hydrogen) atoms. The van der Waals surface area contributed by atoms with Crippen LogP contribution in [0, 0.1) is 11.8 Å². The Morgan fingerprint density at radius 1 is 1.25 bits per heavy atom. The number of cyclic esters (lactones) is 1. The van der Waals surface area contributed by atoms with Crippen LogP contribution < -0.4 is 0 Å². The molecule has 2 unspecified atom stereocenters. The highest BCUT2D eigenvalue weighted by molar-refractivity contribution is 8.02. The fourth-order valence-electron chi connectivity index (χ4n) is 5.75. The molecular formula is C24H34N2O5S. The van der Waals surface area contributed by atoms with Crippen LogP contribution in [0.1, 0.15) is 46.0 Å². The number of rotatable bonds is 5. The summed E-state index contributed by atoms with van der Waals surface area (Å²) in [5.74, 6) is -1.98. The van der Waals surface area contributed by atoms with Crippen LogP contribution in [0.4, 0.5) is 0 Å². The van der Waals surface area contributed by atoms with E-state index in [0.717, 1.165) is 32.1 Å². The van der Waals surface area contributed by atoms with Gasteiger partial charge in [-0.2, -0.15) is 0 Å². The van der Waals surface area contributed by atoms with E-state index in [1.54, 1.807) is 11.8 Å². The van der Waals surface area contributed by atoms with Crippen molar-refractivity contribution in [1.82, 2.24) is 9.80 Å². The quantitative estimate of drug-likeness (QED) is 0.498. The molecule has 4 rings (SSSR count). The van der Waals surface area contributed by atoms with Gasteiger partial charge in [-0.15, -0.1) is 11.8 Å². The fourth-order valence-corrected chi connectivity index (χ4v) is 7.75. The molecule has 0 aromatic heterocycles. The number of ether oxygens (including phenoxy) is 1. The van der Waals surface area contributed by atoms with Gasteiger partial charge in [-0.25, -0.2) is 0 Å². The van der Waals surface area contributed by atoms with E-state index in [2.05, 4.69) is 13.0 Å². The molecule has 4 aliphatic rings. The zero-order chi connectivity index (χ0) is 22.9. The van der Waals surface area contributed by atoms with Crippen LogP contribution in [0.2, 0.25) is 0 Å². The number of amides is 2. The first-order chi connectivity index (χ1) is 15.5. The molecule has 8 heteroatoms. The lowest BCUT2D eigenvalue weighted by atomic mass is 9.78. The molecule has 0 aliphatic carbocycles. The summed E-state index contributed by atoms with van der Waals surface area (Å²) in [7, 11) is 0. The van der Waals surface area contributed by atoms with Crippen molar-refractivity contribution in [2.75, 3.05) is 26.3 Å². The maximum atomic E-state index is 13.9. The number of aliphatic hydroxyl groups is 1. The van der Waals surface area contributed by atoms with Crippen LogP contribution in [0.5, 0.6) is 0 Å². The summed E-state index contributed by atoms with van der Waals surface area (Å²) in [5.41, 5.74) is 0. The number of β-amino-alcohol motifs (C(OH)–C–C–N with tert-alkyl or cyclic N) is 1. The van der Waals surface area contributed by atoms with E-state index >= 15 is 0 Å². The number of allylic oxidation sites excluding steroid dienone is 1. The van der Waals surface area contributed by atoms with Gasteiger partial charge < -0.3 is 19.6 Å². The second kappa shape index (κ2) is 9.59. The minimum Gasteiger partial charge on any atom is -0.465 e. The highest BCUT2D eigenvalue weighted by Gasteiger charge is 2.70. The van der Waals surface area contributed by atoms with Crippen molar-refractivity contribution in [2.24, 2.45) is 11.8 Å². The van der Waals surface area contributed by atoms with Crippen LogP contribution in [0.25, 0.3) is 0 Å². The van der Waals surface area contributed by atoms with Crippen molar-refractivity contribution in [1.29, 1.82) is 0 Å². The van der Waals surface area contributed by atoms with Crippen LogP contribution in [-0.2, 0) is 19.1 Å². The summed E-state index contributed by atoms with van der Waals surface area (Å²) in [6, 6.07) is -0.677. The van der Waals surface area contributed by atoms with Crippen molar-refractivity contribution >= 4 is 29.5 Å². The Balaban J connectivity index is 1.78. The Bertz CT molecular complexity index is 814. The molecule has 2 saturated heterocycles. The Morgan fingerprint density at radius 3 is 2.81 bits per heavy atom. The van der Waals surface area contributed by atoms with Gasteiger partial charge >= 0.3 is 5.97 Å².